The van der Waals surface area contributed by atoms with Crippen molar-refractivity contribution in [1.29, 1.82) is 0 Å². The lowest BCUT2D eigenvalue weighted by Gasteiger charge is -2.12. The summed E-state index contributed by atoms with van der Waals surface area (Å²) < 4.78 is 11.5. The number of hydrogen-bond acceptors (Lipinski definition) is 4. The Morgan fingerprint density at radius 2 is 1.83 bits per heavy atom. The zero-order valence-electron chi connectivity index (χ0n) is 17.7. The number of rotatable bonds is 12. The quantitative estimate of drug-likeness (QED) is 0.395. The molecule has 2 aromatic carbocycles. The second-order valence-corrected chi connectivity index (χ2v) is 7.70. The van der Waals surface area contributed by atoms with Gasteiger partial charge in [-0.15, -0.1) is 0 Å². The maximum absolute atomic E-state index is 5.95. The van der Waals surface area contributed by atoms with Crippen LogP contribution in [0.25, 0.3) is 0 Å². The van der Waals surface area contributed by atoms with Gasteiger partial charge in [0.1, 0.15) is 12.7 Å². The molecule has 0 aromatic heterocycles. The van der Waals surface area contributed by atoms with E-state index in [1.54, 1.807) is 7.11 Å². The molecule has 1 unspecified atom stereocenters. The standard InChI is InChI=1S/C25H33NO3/c1-3-4-5-9-12-23-18-22(26-29-23)15-13-20-14-16-24(25(17-20)27-2)28-19-21-10-7-6-8-11-21/h6-8,10-11,14,16-17,23H,3-5,9,12-13,15,18-19H2,1-2H3. The third kappa shape index (κ3) is 6.81. The molecule has 0 fully saturated rings. The van der Waals surface area contributed by atoms with Crippen LogP contribution in [0.3, 0.4) is 0 Å². The molecule has 4 nitrogen and oxygen atoms in total. The van der Waals surface area contributed by atoms with Gasteiger partial charge in [-0.2, -0.15) is 0 Å². The van der Waals surface area contributed by atoms with Gasteiger partial charge in [0.05, 0.1) is 12.8 Å². The van der Waals surface area contributed by atoms with Crippen LogP contribution in [0.15, 0.2) is 53.7 Å². The average molecular weight is 396 g/mol. The van der Waals surface area contributed by atoms with Crippen LogP contribution in [0, 0.1) is 0 Å². The summed E-state index contributed by atoms with van der Waals surface area (Å²) in [5.74, 6) is 1.55. The fraction of sp³-hybridized carbons (Fsp3) is 0.480. The number of ether oxygens (including phenoxy) is 2. The van der Waals surface area contributed by atoms with Crippen molar-refractivity contribution in [3.63, 3.8) is 0 Å². The van der Waals surface area contributed by atoms with Gasteiger partial charge in [-0.1, -0.05) is 67.7 Å². The van der Waals surface area contributed by atoms with Crippen molar-refractivity contribution >= 4 is 5.71 Å². The van der Waals surface area contributed by atoms with E-state index in [4.69, 9.17) is 14.3 Å². The maximum atomic E-state index is 5.95. The molecule has 1 atom stereocenters. The Morgan fingerprint density at radius 3 is 2.62 bits per heavy atom. The minimum atomic E-state index is 0.283. The van der Waals surface area contributed by atoms with Gasteiger partial charge < -0.3 is 14.3 Å². The van der Waals surface area contributed by atoms with Gasteiger partial charge in [-0.05, 0) is 48.9 Å². The van der Waals surface area contributed by atoms with Crippen LogP contribution in [0.1, 0.15) is 63.0 Å². The summed E-state index contributed by atoms with van der Waals surface area (Å²) in [4.78, 5) is 5.62. The minimum Gasteiger partial charge on any atom is -0.493 e. The number of hydrogen-bond donors (Lipinski definition) is 0. The van der Waals surface area contributed by atoms with Crippen molar-refractivity contribution in [2.75, 3.05) is 7.11 Å². The van der Waals surface area contributed by atoms with E-state index in [1.165, 1.54) is 37.0 Å². The molecule has 0 spiro atoms. The normalized spacial score (nSPS) is 15.7. The summed E-state index contributed by atoms with van der Waals surface area (Å²) in [5.41, 5.74) is 3.54. The predicted octanol–water partition coefficient (Wildman–Crippen LogP) is 6.32. The van der Waals surface area contributed by atoms with Crippen molar-refractivity contribution < 1.29 is 14.3 Å². The predicted molar refractivity (Wildman–Crippen MR) is 118 cm³/mol. The van der Waals surface area contributed by atoms with Crippen molar-refractivity contribution in [2.45, 2.75) is 71.0 Å². The molecule has 4 heteroatoms. The summed E-state index contributed by atoms with van der Waals surface area (Å²) in [7, 11) is 1.69. The number of aryl methyl sites for hydroxylation is 1. The SMILES string of the molecule is CCCCCCC1CC(CCc2ccc(OCc3ccccc3)c(OC)c2)=NO1. The fourth-order valence-corrected chi connectivity index (χ4v) is 3.60. The highest BCUT2D eigenvalue weighted by Crippen LogP contribution is 2.30. The highest BCUT2D eigenvalue weighted by molar-refractivity contribution is 5.85. The second kappa shape index (κ2) is 11.5. The van der Waals surface area contributed by atoms with Gasteiger partial charge in [0.2, 0.25) is 0 Å². The van der Waals surface area contributed by atoms with E-state index < -0.39 is 0 Å². The van der Waals surface area contributed by atoms with Crippen LogP contribution in [0.2, 0.25) is 0 Å². The van der Waals surface area contributed by atoms with Crippen LogP contribution >= 0.6 is 0 Å². The van der Waals surface area contributed by atoms with E-state index in [1.807, 2.05) is 24.3 Å². The van der Waals surface area contributed by atoms with Gasteiger partial charge >= 0.3 is 0 Å². The Kier molecular flexibility index (Phi) is 8.41. The zero-order chi connectivity index (χ0) is 20.3. The van der Waals surface area contributed by atoms with E-state index in [9.17, 15) is 0 Å². The van der Waals surface area contributed by atoms with Crippen LogP contribution in [-0.4, -0.2) is 18.9 Å². The van der Waals surface area contributed by atoms with E-state index in [-0.39, 0.29) is 6.10 Å². The summed E-state index contributed by atoms with van der Waals surface area (Å²) in [6, 6.07) is 16.3. The Balaban J connectivity index is 1.45. The van der Waals surface area contributed by atoms with Crippen LogP contribution in [0.5, 0.6) is 11.5 Å². The molecule has 0 saturated carbocycles. The summed E-state index contributed by atoms with van der Waals surface area (Å²) in [6.45, 7) is 2.77. The fourth-order valence-electron chi connectivity index (χ4n) is 3.60. The number of unbranched alkanes of at least 4 members (excludes halogenated alkanes) is 3. The molecule has 29 heavy (non-hydrogen) atoms. The topological polar surface area (TPSA) is 40.0 Å². The first kappa shape index (κ1) is 21.2. The molecular formula is C25H33NO3. The molecule has 0 N–H and O–H groups in total. The first-order valence-electron chi connectivity index (χ1n) is 10.8. The van der Waals surface area contributed by atoms with Crippen molar-refractivity contribution in [3.8, 4) is 11.5 Å². The lowest BCUT2D eigenvalue weighted by Crippen LogP contribution is -2.08. The Hall–Kier alpha value is -2.49. The number of methoxy groups -OCH3 is 1. The van der Waals surface area contributed by atoms with Gasteiger partial charge in [0.25, 0.3) is 0 Å². The molecule has 0 bridgehead atoms. The first-order chi connectivity index (χ1) is 14.3. The average Bonchev–Trinajstić information content (AvgIpc) is 3.22. The molecule has 3 rings (SSSR count). The number of nitrogens with zero attached hydrogens (tertiary/aromatic N) is 1. The molecule has 0 radical (unpaired) electrons. The van der Waals surface area contributed by atoms with E-state index in [0.717, 1.165) is 42.7 Å². The highest BCUT2D eigenvalue weighted by Gasteiger charge is 2.20. The molecule has 0 aliphatic carbocycles. The molecule has 2 aromatic rings. The Bertz CT molecular complexity index is 773. The van der Waals surface area contributed by atoms with Crippen molar-refractivity contribution in [1.82, 2.24) is 0 Å². The number of benzene rings is 2. The lowest BCUT2D eigenvalue weighted by molar-refractivity contribution is 0.0770. The monoisotopic (exact) mass is 395 g/mol. The van der Waals surface area contributed by atoms with Gasteiger partial charge in [-0.3, -0.25) is 0 Å². The smallest absolute Gasteiger partial charge is 0.161 e. The molecular weight excluding hydrogens is 362 g/mol. The van der Waals surface area contributed by atoms with Gasteiger partial charge in [0.15, 0.2) is 11.5 Å². The van der Waals surface area contributed by atoms with Crippen molar-refractivity contribution in [2.24, 2.45) is 5.16 Å². The summed E-state index contributed by atoms with van der Waals surface area (Å²) in [5, 5.41) is 4.31. The minimum absolute atomic E-state index is 0.283. The first-order valence-corrected chi connectivity index (χ1v) is 10.8. The molecule has 0 saturated heterocycles. The third-order valence-corrected chi connectivity index (χ3v) is 5.34. The van der Waals surface area contributed by atoms with Gasteiger partial charge in [-0.25, -0.2) is 0 Å². The van der Waals surface area contributed by atoms with Gasteiger partial charge in [0, 0.05) is 6.42 Å². The van der Waals surface area contributed by atoms with E-state index in [2.05, 4.69) is 36.3 Å². The summed E-state index contributed by atoms with van der Waals surface area (Å²) >= 11 is 0. The lowest BCUT2D eigenvalue weighted by atomic mass is 10.0. The van der Waals surface area contributed by atoms with Crippen LogP contribution in [0.4, 0.5) is 0 Å². The largest absolute Gasteiger partial charge is 0.493 e. The number of oxime groups is 1. The third-order valence-electron chi connectivity index (χ3n) is 5.34. The van der Waals surface area contributed by atoms with Crippen molar-refractivity contribution in [3.05, 3.63) is 59.7 Å². The Morgan fingerprint density at radius 1 is 0.966 bits per heavy atom. The van der Waals surface area contributed by atoms with E-state index >= 15 is 0 Å². The van der Waals surface area contributed by atoms with E-state index in [0.29, 0.717) is 6.61 Å². The second-order valence-electron chi connectivity index (χ2n) is 7.70. The zero-order valence-corrected chi connectivity index (χ0v) is 17.7. The van der Waals surface area contributed by atoms with Crippen LogP contribution < -0.4 is 9.47 Å². The Labute approximate surface area is 174 Å². The molecule has 156 valence electrons. The molecule has 1 heterocycles. The highest BCUT2D eigenvalue weighted by atomic mass is 16.6. The summed E-state index contributed by atoms with van der Waals surface area (Å²) in [6.07, 6.45) is 9.35. The maximum Gasteiger partial charge on any atom is 0.161 e. The van der Waals surface area contributed by atoms with Crippen LogP contribution in [-0.2, 0) is 17.9 Å². The molecule has 1 aliphatic heterocycles. The molecule has 1 aliphatic rings. The molecule has 0 amide bonds.